The first-order valence-corrected chi connectivity index (χ1v) is 6.72. The van der Waals surface area contributed by atoms with Gasteiger partial charge in [0.2, 0.25) is 5.91 Å². The fourth-order valence-electron chi connectivity index (χ4n) is 1.51. The van der Waals surface area contributed by atoms with Crippen LogP contribution in [-0.4, -0.2) is 28.5 Å². The number of nitrogens with one attached hydrogen (secondary N) is 2. The molecule has 0 bridgehead atoms. The van der Waals surface area contributed by atoms with E-state index in [9.17, 15) is 4.79 Å². The zero-order valence-corrected chi connectivity index (χ0v) is 12.1. The number of nitrogens with zero attached hydrogens (tertiary/aromatic N) is 1. The third kappa shape index (κ3) is 5.21. The van der Waals surface area contributed by atoms with E-state index in [1.165, 1.54) is 0 Å². The highest BCUT2D eigenvalue weighted by Gasteiger charge is 2.07. The average molecular weight is 280 g/mol. The van der Waals surface area contributed by atoms with Crippen LogP contribution in [0.5, 0.6) is 0 Å². The number of amides is 1. The van der Waals surface area contributed by atoms with E-state index in [1.807, 2.05) is 13.8 Å². The molecule has 0 saturated carbocycles. The number of rotatable bonds is 7. The summed E-state index contributed by atoms with van der Waals surface area (Å²) >= 11 is 4.96. The van der Waals surface area contributed by atoms with Gasteiger partial charge in [0.1, 0.15) is 4.99 Å². The van der Waals surface area contributed by atoms with E-state index >= 15 is 0 Å². The number of nitrogens with two attached hydrogens (primary N) is 1. The highest BCUT2D eigenvalue weighted by Crippen LogP contribution is 2.12. The summed E-state index contributed by atoms with van der Waals surface area (Å²) in [6, 6.07) is 1.96. The first-order chi connectivity index (χ1) is 9.04. The van der Waals surface area contributed by atoms with Gasteiger partial charge in [0.05, 0.1) is 11.9 Å². The van der Waals surface area contributed by atoms with E-state index in [-0.39, 0.29) is 11.9 Å². The van der Waals surface area contributed by atoms with Crippen LogP contribution in [0.3, 0.4) is 0 Å². The maximum Gasteiger partial charge on any atom is 0.221 e. The Morgan fingerprint density at radius 3 is 2.95 bits per heavy atom. The summed E-state index contributed by atoms with van der Waals surface area (Å²) < 4.78 is 0. The van der Waals surface area contributed by atoms with E-state index in [0.29, 0.717) is 18.0 Å². The fourth-order valence-corrected chi connectivity index (χ4v) is 1.69. The van der Waals surface area contributed by atoms with Crippen molar-refractivity contribution >= 4 is 28.8 Å². The van der Waals surface area contributed by atoms with Crippen LogP contribution >= 0.6 is 12.2 Å². The van der Waals surface area contributed by atoms with E-state index in [0.717, 1.165) is 17.7 Å². The van der Waals surface area contributed by atoms with Gasteiger partial charge in [-0.05, 0) is 19.4 Å². The molecule has 0 saturated heterocycles. The van der Waals surface area contributed by atoms with Crippen molar-refractivity contribution in [3.8, 4) is 0 Å². The highest BCUT2D eigenvalue weighted by atomic mass is 32.1. The predicted octanol–water partition coefficient (Wildman–Crippen LogP) is 1.43. The van der Waals surface area contributed by atoms with Crippen molar-refractivity contribution in [1.29, 1.82) is 0 Å². The van der Waals surface area contributed by atoms with Crippen LogP contribution in [0, 0.1) is 0 Å². The number of hydrogen-bond donors (Lipinski definition) is 3. The second kappa shape index (κ2) is 7.68. The molecule has 0 aliphatic heterocycles. The molecule has 1 amide bonds. The number of aromatic nitrogens is 1. The number of thiocarbonyl (C=S) groups is 1. The van der Waals surface area contributed by atoms with Gasteiger partial charge >= 0.3 is 0 Å². The SMILES string of the molecule is CCC(C)NC(=O)CCNc1cnccc1C(N)=S. The third-order valence-corrected chi connectivity index (χ3v) is 2.99. The zero-order valence-electron chi connectivity index (χ0n) is 11.3. The summed E-state index contributed by atoms with van der Waals surface area (Å²) in [5, 5.41) is 6.03. The van der Waals surface area contributed by atoms with E-state index in [2.05, 4.69) is 15.6 Å². The fraction of sp³-hybridized carbons (Fsp3) is 0.462. The Hall–Kier alpha value is -1.69. The molecular formula is C13H20N4OS. The molecule has 1 rings (SSSR count). The summed E-state index contributed by atoms with van der Waals surface area (Å²) in [6.07, 6.45) is 4.61. The summed E-state index contributed by atoms with van der Waals surface area (Å²) in [6.45, 7) is 4.54. The van der Waals surface area contributed by atoms with Crippen LogP contribution in [0.4, 0.5) is 5.69 Å². The smallest absolute Gasteiger partial charge is 0.221 e. The van der Waals surface area contributed by atoms with Crippen molar-refractivity contribution in [3.63, 3.8) is 0 Å². The Kier molecular flexibility index (Phi) is 6.21. The monoisotopic (exact) mass is 280 g/mol. The lowest BCUT2D eigenvalue weighted by Gasteiger charge is -2.13. The Balaban J connectivity index is 2.45. The molecule has 4 N–H and O–H groups in total. The second-order valence-electron chi connectivity index (χ2n) is 4.34. The lowest BCUT2D eigenvalue weighted by atomic mass is 10.2. The van der Waals surface area contributed by atoms with Crippen LogP contribution in [0.1, 0.15) is 32.3 Å². The molecule has 104 valence electrons. The van der Waals surface area contributed by atoms with Crippen molar-refractivity contribution < 1.29 is 4.79 Å². The zero-order chi connectivity index (χ0) is 14.3. The molecule has 0 fully saturated rings. The summed E-state index contributed by atoms with van der Waals surface area (Å²) in [4.78, 5) is 15.9. The van der Waals surface area contributed by atoms with Crippen molar-refractivity contribution in [2.75, 3.05) is 11.9 Å². The van der Waals surface area contributed by atoms with Gasteiger partial charge in [-0.3, -0.25) is 9.78 Å². The predicted molar refractivity (Wildman–Crippen MR) is 81.1 cm³/mol. The van der Waals surface area contributed by atoms with Crippen LogP contribution < -0.4 is 16.4 Å². The van der Waals surface area contributed by atoms with Crippen molar-refractivity contribution in [3.05, 3.63) is 24.0 Å². The summed E-state index contributed by atoms with van der Waals surface area (Å²) in [7, 11) is 0. The summed E-state index contributed by atoms with van der Waals surface area (Å²) in [5.74, 6) is 0.0302. The first kappa shape index (κ1) is 15.4. The van der Waals surface area contributed by atoms with Gasteiger partial charge in [0.15, 0.2) is 0 Å². The van der Waals surface area contributed by atoms with Crippen LogP contribution in [0.15, 0.2) is 18.5 Å². The molecule has 1 aromatic heterocycles. The largest absolute Gasteiger partial charge is 0.389 e. The minimum absolute atomic E-state index is 0.0302. The molecule has 19 heavy (non-hydrogen) atoms. The molecule has 0 spiro atoms. The standard InChI is InChI=1S/C13H20N4OS/c1-3-9(2)17-12(18)5-7-16-11-8-15-6-4-10(11)13(14)19/h4,6,8-9,16H,3,5,7H2,1-2H3,(H2,14,19)(H,17,18). The van der Waals surface area contributed by atoms with Gasteiger partial charge in [-0.2, -0.15) is 0 Å². The third-order valence-electron chi connectivity index (χ3n) is 2.77. The maximum absolute atomic E-state index is 11.6. The second-order valence-corrected chi connectivity index (χ2v) is 4.78. The molecule has 1 aromatic rings. The van der Waals surface area contributed by atoms with Crippen molar-refractivity contribution in [2.24, 2.45) is 5.73 Å². The quantitative estimate of drug-likeness (QED) is 0.658. The Morgan fingerprint density at radius 1 is 1.58 bits per heavy atom. The Bertz CT molecular complexity index is 450. The Morgan fingerprint density at radius 2 is 2.32 bits per heavy atom. The number of pyridine rings is 1. The number of carbonyl (C=O) groups excluding carboxylic acids is 1. The molecule has 0 radical (unpaired) electrons. The molecular weight excluding hydrogens is 260 g/mol. The normalized spacial score (nSPS) is 11.7. The lowest BCUT2D eigenvalue weighted by molar-refractivity contribution is -0.121. The van der Waals surface area contributed by atoms with Gasteiger partial charge < -0.3 is 16.4 Å². The molecule has 0 aliphatic rings. The topological polar surface area (TPSA) is 80.0 Å². The number of anilines is 1. The van der Waals surface area contributed by atoms with Crippen LogP contribution in [0.25, 0.3) is 0 Å². The lowest BCUT2D eigenvalue weighted by Crippen LogP contribution is -2.33. The minimum atomic E-state index is 0.0302. The number of carbonyl (C=O) groups is 1. The van der Waals surface area contributed by atoms with E-state index in [4.69, 9.17) is 18.0 Å². The average Bonchev–Trinajstić information content (AvgIpc) is 2.38. The van der Waals surface area contributed by atoms with Gasteiger partial charge in [-0.25, -0.2) is 0 Å². The first-order valence-electron chi connectivity index (χ1n) is 6.31. The number of hydrogen-bond acceptors (Lipinski definition) is 4. The minimum Gasteiger partial charge on any atom is -0.389 e. The molecule has 1 unspecified atom stereocenters. The molecule has 0 aliphatic carbocycles. The van der Waals surface area contributed by atoms with Crippen LogP contribution in [0.2, 0.25) is 0 Å². The van der Waals surface area contributed by atoms with Crippen molar-refractivity contribution in [1.82, 2.24) is 10.3 Å². The van der Waals surface area contributed by atoms with Gasteiger partial charge in [-0.1, -0.05) is 19.1 Å². The highest BCUT2D eigenvalue weighted by molar-refractivity contribution is 7.80. The van der Waals surface area contributed by atoms with Gasteiger partial charge in [0, 0.05) is 30.8 Å². The van der Waals surface area contributed by atoms with E-state index < -0.39 is 0 Å². The molecule has 1 heterocycles. The van der Waals surface area contributed by atoms with Crippen LogP contribution in [-0.2, 0) is 4.79 Å². The molecule has 0 aromatic carbocycles. The maximum atomic E-state index is 11.6. The van der Waals surface area contributed by atoms with E-state index in [1.54, 1.807) is 18.5 Å². The van der Waals surface area contributed by atoms with Crippen molar-refractivity contribution in [2.45, 2.75) is 32.7 Å². The molecule has 5 nitrogen and oxygen atoms in total. The molecule has 6 heteroatoms. The van der Waals surface area contributed by atoms with Gasteiger partial charge in [0.25, 0.3) is 0 Å². The molecule has 1 atom stereocenters. The Labute approximate surface area is 119 Å². The summed E-state index contributed by atoms with van der Waals surface area (Å²) in [5.41, 5.74) is 7.11. The van der Waals surface area contributed by atoms with Gasteiger partial charge in [-0.15, -0.1) is 0 Å².